The molecule has 3 unspecified atom stereocenters. The van der Waals surface area contributed by atoms with Crippen molar-refractivity contribution >= 4 is 10.1 Å². The van der Waals surface area contributed by atoms with Gasteiger partial charge in [0.25, 0.3) is 12.3 Å². The van der Waals surface area contributed by atoms with E-state index >= 15 is 0 Å². The van der Waals surface area contributed by atoms with Crippen molar-refractivity contribution in [3.63, 3.8) is 0 Å². The summed E-state index contributed by atoms with van der Waals surface area (Å²) < 4.78 is 281. The zero-order chi connectivity index (χ0) is 30.7. The van der Waals surface area contributed by atoms with Gasteiger partial charge in [0.05, 0.1) is 0 Å². The van der Waals surface area contributed by atoms with E-state index in [-0.39, 0.29) is 0 Å². The van der Waals surface area contributed by atoms with Gasteiger partial charge in [0.15, 0.2) is 0 Å². The highest BCUT2D eigenvalue weighted by molar-refractivity contribution is 7.86. The fourth-order valence-electron chi connectivity index (χ4n) is 1.50. The molecule has 0 rings (SSSR count). The molecule has 0 heterocycles. The molecule has 0 aromatic heterocycles. The third kappa shape index (κ3) is 6.38. The van der Waals surface area contributed by atoms with E-state index in [1.807, 2.05) is 4.74 Å². The Balaban J connectivity index is 7.01. The highest BCUT2D eigenvalue weighted by Crippen LogP contribution is 2.57. The molecular formula is C11H5F19O6S. The van der Waals surface area contributed by atoms with Crippen LogP contribution in [0.1, 0.15) is 6.92 Å². The molecule has 0 spiro atoms. The Morgan fingerprint density at radius 2 is 0.892 bits per heavy atom. The minimum atomic E-state index is -8.42. The van der Waals surface area contributed by atoms with Gasteiger partial charge in [-0.2, -0.15) is 78.7 Å². The molecule has 37 heavy (non-hydrogen) atoms. The highest BCUT2D eigenvalue weighted by Gasteiger charge is 2.86. The average molecular weight is 626 g/mol. The smallest absolute Gasteiger partial charge is 0.281 e. The van der Waals surface area contributed by atoms with Crippen LogP contribution in [0.5, 0.6) is 0 Å². The summed E-state index contributed by atoms with van der Waals surface area (Å²) in [4.78, 5) is 0. The Hall–Kier alpha value is -1.54. The van der Waals surface area contributed by atoms with Crippen LogP contribution in [-0.2, 0) is 24.3 Å². The predicted octanol–water partition coefficient (Wildman–Crippen LogP) is 5.70. The van der Waals surface area contributed by atoms with E-state index in [1.165, 1.54) is 9.47 Å². The molecule has 6 nitrogen and oxygen atoms in total. The summed E-state index contributed by atoms with van der Waals surface area (Å²) in [5.41, 5.74) is 0. The largest absolute Gasteiger partial charge is 0.460 e. The number of hydrogen-bond donors (Lipinski definition) is 1. The van der Waals surface area contributed by atoms with Crippen LogP contribution in [0.3, 0.4) is 0 Å². The third-order valence-corrected chi connectivity index (χ3v) is 4.21. The lowest BCUT2D eigenvalue weighted by atomic mass is 10.2. The van der Waals surface area contributed by atoms with Gasteiger partial charge < -0.3 is 0 Å². The van der Waals surface area contributed by atoms with Gasteiger partial charge in [-0.25, -0.2) is 13.2 Å². The molecule has 0 saturated carbocycles. The van der Waals surface area contributed by atoms with Crippen molar-refractivity contribution in [3.8, 4) is 0 Å². The number of alkyl halides is 19. The molecule has 0 amide bonds. The molecule has 26 heteroatoms. The topological polar surface area (TPSA) is 82.1 Å². The van der Waals surface area contributed by atoms with Gasteiger partial charge in [0, 0.05) is 6.92 Å². The Kier molecular flexibility index (Phi) is 8.90. The Bertz CT molecular complexity index is 922. The van der Waals surface area contributed by atoms with E-state index in [4.69, 9.17) is 4.55 Å². The number of ether oxygens (including phenoxy) is 3. The number of halogens is 19. The van der Waals surface area contributed by atoms with Crippen molar-refractivity contribution in [1.82, 2.24) is 0 Å². The number of rotatable bonds is 11. The molecule has 1 N–H and O–H groups in total. The summed E-state index contributed by atoms with van der Waals surface area (Å²) in [6, 6.07) is 0. The van der Waals surface area contributed by atoms with E-state index in [0.29, 0.717) is 0 Å². The van der Waals surface area contributed by atoms with Gasteiger partial charge in [-0.05, 0) is 0 Å². The molecule has 0 aliphatic heterocycles. The van der Waals surface area contributed by atoms with Gasteiger partial charge in [0.2, 0.25) is 0 Å². The van der Waals surface area contributed by atoms with Crippen molar-refractivity contribution in [2.45, 2.75) is 66.8 Å². The minimum absolute atomic E-state index is 0.793. The van der Waals surface area contributed by atoms with Gasteiger partial charge in [-0.3, -0.25) is 18.8 Å². The van der Waals surface area contributed by atoms with Crippen molar-refractivity contribution in [2.75, 3.05) is 0 Å². The average Bonchev–Trinajstić information content (AvgIpc) is 2.56. The second kappa shape index (κ2) is 9.29. The lowest BCUT2D eigenvalue weighted by Gasteiger charge is -2.41. The highest BCUT2D eigenvalue weighted by atomic mass is 32.2. The summed E-state index contributed by atoms with van der Waals surface area (Å²) in [6.45, 7) is -0.793. The first-order valence-electron chi connectivity index (χ1n) is 7.63. The fourth-order valence-corrected chi connectivity index (χ4v) is 1.84. The van der Waals surface area contributed by atoms with Crippen LogP contribution in [0.25, 0.3) is 0 Å². The van der Waals surface area contributed by atoms with Gasteiger partial charge >= 0.3 is 57.8 Å². The van der Waals surface area contributed by atoms with Crippen LogP contribution in [0.2, 0.25) is 0 Å². The number of hydrogen-bond acceptors (Lipinski definition) is 5. The SMILES string of the molecule is CC(F)(F)C(F)OC(F)(F)C(F)(OC(F)(F)C(F)(OC(F)(F)C(F)(F)S(=O)(=O)O)C(F)(F)F)C(F)(F)F. The van der Waals surface area contributed by atoms with Crippen molar-refractivity contribution < 1.29 is 111 Å². The molecule has 0 aromatic rings. The molecule has 224 valence electrons. The van der Waals surface area contributed by atoms with Crippen LogP contribution in [0.4, 0.5) is 83.4 Å². The predicted molar refractivity (Wildman–Crippen MR) is 69.9 cm³/mol. The van der Waals surface area contributed by atoms with E-state index in [0.717, 1.165) is 0 Å². The zero-order valence-electron chi connectivity index (χ0n) is 16.2. The molecule has 0 aliphatic carbocycles. The fraction of sp³-hybridized carbons (Fsp3) is 1.00. The quantitative estimate of drug-likeness (QED) is 0.234. The normalized spacial score (nSPS) is 19.8. The Morgan fingerprint density at radius 1 is 0.595 bits per heavy atom. The van der Waals surface area contributed by atoms with E-state index in [1.54, 1.807) is 0 Å². The van der Waals surface area contributed by atoms with E-state index in [2.05, 4.69) is 0 Å². The first kappa shape index (κ1) is 35.5. The summed E-state index contributed by atoms with van der Waals surface area (Å²) in [5, 5.41) is -7.57. The molecule has 0 aromatic carbocycles. The Morgan fingerprint density at radius 3 is 1.16 bits per heavy atom. The minimum Gasteiger partial charge on any atom is -0.281 e. The van der Waals surface area contributed by atoms with E-state index < -0.39 is 77.0 Å². The molecule has 0 aliphatic rings. The molecule has 0 radical (unpaired) electrons. The molecule has 0 saturated heterocycles. The first-order valence-corrected chi connectivity index (χ1v) is 9.07. The second-order valence-corrected chi connectivity index (χ2v) is 7.79. The maximum atomic E-state index is 13.9. The van der Waals surface area contributed by atoms with Crippen LogP contribution < -0.4 is 0 Å². The molecule has 0 fully saturated rings. The molecule has 3 atom stereocenters. The lowest BCUT2D eigenvalue weighted by Crippen LogP contribution is -2.69. The maximum absolute atomic E-state index is 13.9. The maximum Gasteiger partial charge on any atom is 0.460 e. The Labute approximate surface area is 189 Å². The molecule has 0 bridgehead atoms. The lowest BCUT2D eigenvalue weighted by molar-refractivity contribution is -0.567. The monoisotopic (exact) mass is 626 g/mol. The second-order valence-electron chi connectivity index (χ2n) is 6.32. The van der Waals surface area contributed by atoms with Crippen molar-refractivity contribution in [3.05, 3.63) is 0 Å². The summed E-state index contributed by atoms with van der Waals surface area (Å²) in [5.74, 6) is -21.9. The third-order valence-electron chi connectivity index (χ3n) is 3.33. The molecular weight excluding hydrogens is 621 g/mol. The van der Waals surface area contributed by atoms with E-state index in [9.17, 15) is 91.8 Å². The van der Waals surface area contributed by atoms with Crippen LogP contribution in [0.15, 0.2) is 0 Å². The zero-order valence-corrected chi connectivity index (χ0v) is 17.0. The van der Waals surface area contributed by atoms with Gasteiger partial charge in [0.1, 0.15) is 0 Å². The summed E-state index contributed by atoms with van der Waals surface area (Å²) in [7, 11) is -7.77. The summed E-state index contributed by atoms with van der Waals surface area (Å²) >= 11 is 0. The van der Waals surface area contributed by atoms with Crippen LogP contribution >= 0.6 is 0 Å². The van der Waals surface area contributed by atoms with Crippen molar-refractivity contribution in [1.29, 1.82) is 0 Å². The van der Waals surface area contributed by atoms with Gasteiger partial charge in [-0.1, -0.05) is 0 Å². The standard InChI is InChI=1S/C11H5F19O6S/c1-3(13,14)2(12)34-8(23,24)4(15,6(17,18)19)35-9(25,26)5(16,7(20,21)22)36-10(27,28)11(29,30)37(31,32)33/h2H,1H3,(H,31,32,33). The van der Waals surface area contributed by atoms with Crippen molar-refractivity contribution in [2.24, 2.45) is 0 Å². The summed E-state index contributed by atoms with van der Waals surface area (Å²) in [6.07, 6.45) is -45.4. The van der Waals surface area contributed by atoms with Crippen LogP contribution in [0, 0.1) is 0 Å². The van der Waals surface area contributed by atoms with Gasteiger partial charge in [-0.15, -0.1) is 0 Å². The first-order chi connectivity index (χ1) is 15.5. The van der Waals surface area contributed by atoms with Crippen LogP contribution in [-0.4, -0.2) is 72.9 Å².